The van der Waals surface area contributed by atoms with Crippen molar-refractivity contribution in [3.63, 3.8) is 0 Å². The summed E-state index contributed by atoms with van der Waals surface area (Å²) in [6.07, 6.45) is 11.0. The first-order chi connectivity index (χ1) is 4.41. The van der Waals surface area contributed by atoms with Crippen molar-refractivity contribution in [3.05, 3.63) is 6.42 Å². The van der Waals surface area contributed by atoms with Crippen LogP contribution in [0.1, 0.15) is 32.6 Å². The van der Waals surface area contributed by atoms with Gasteiger partial charge in [-0.25, -0.2) is 0 Å². The summed E-state index contributed by atoms with van der Waals surface area (Å²) in [5, 5.41) is 0. The summed E-state index contributed by atoms with van der Waals surface area (Å²) < 4.78 is 0. The van der Waals surface area contributed by atoms with Gasteiger partial charge in [-0.2, -0.15) is 0 Å². The summed E-state index contributed by atoms with van der Waals surface area (Å²) in [4.78, 5) is 0. The van der Waals surface area contributed by atoms with Crippen LogP contribution in [0.5, 0.6) is 0 Å². The van der Waals surface area contributed by atoms with Crippen LogP contribution in [-0.4, -0.2) is 0 Å². The molecule has 0 saturated heterocycles. The van der Waals surface area contributed by atoms with Gasteiger partial charge in [-0.15, -0.1) is 0 Å². The summed E-state index contributed by atoms with van der Waals surface area (Å²) in [5.74, 6) is 2.35. The zero-order valence-corrected chi connectivity index (χ0v) is 7.52. The van der Waals surface area contributed by atoms with Crippen molar-refractivity contribution in [1.29, 1.82) is 0 Å². The molecule has 0 fully saturated rings. The van der Waals surface area contributed by atoms with E-state index in [-0.39, 0.29) is 0 Å². The summed E-state index contributed by atoms with van der Waals surface area (Å²) >= 11 is 2.41. The van der Waals surface area contributed by atoms with Crippen molar-refractivity contribution < 1.29 is 15.1 Å². The Kier molecular flexibility index (Phi) is 21.2. The Bertz CT molecular complexity index is 65.8. The first-order valence-corrected chi connectivity index (χ1v) is 4.58. The third-order valence-electron chi connectivity index (χ3n) is 0.905. The Morgan fingerprint density at radius 1 is 1.44 bits per heavy atom. The molecule has 0 nitrogen and oxygen atoms in total. The normalized spacial score (nSPS) is 6.78. The van der Waals surface area contributed by atoms with Gasteiger partial charge in [0.2, 0.25) is 0 Å². The molecule has 0 aliphatic rings. The zero-order chi connectivity index (χ0) is 7.54. The molecule has 0 radical (unpaired) electrons. The fourth-order valence-electron chi connectivity index (χ4n) is 0.463. The number of hydrogen-bond donors (Lipinski definition) is 0. The molecule has 0 aliphatic carbocycles. The molecular formula is C7H11ClMn. The quantitative estimate of drug-likeness (QED) is 0.275. The van der Waals surface area contributed by atoms with E-state index in [0.29, 0.717) is 0 Å². The summed E-state index contributed by atoms with van der Waals surface area (Å²) in [6, 6.07) is 0. The Morgan fingerprint density at radius 3 is 2.33 bits per heavy atom. The fourth-order valence-corrected chi connectivity index (χ4v) is 0.463. The van der Waals surface area contributed by atoms with Crippen LogP contribution in [0.2, 0.25) is 0 Å². The minimum absolute atomic E-state index is 0.841. The summed E-state index contributed by atoms with van der Waals surface area (Å²) in [6.45, 7) is 2.16. The van der Waals surface area contributed by atoms with E-state index in [1.165, 1.54) is 12.8 Å². The van der Waals surface area contributed by atoms with E-state index in [1.807, 2.05) is 0 Å². The van der Waals surface area contributed by atoms with Gasteiger partial charge in [-0.05, 0) is 12.8 Å². The molecule has 0 amide bonds. The molecule has 0 spiro atoms. The van der Waals surface area contributed by atoms with Crippen LogP contribution in [-0.2, 0) is 15.1 Å². The second kappa shape index (κ2) is 15.8. The monoisotopic (exact) mass is 185 g/mol. The van der Waals surface area contributed by atoms with Gasteiger partial charge in [-0.3, -0.25) is 0 Å². The standard InChI is InChI=1S/C7H11.ClH.Mn/c1-3-5-7-6-4-2;;/h3,5-7H2,1H3;1H;/q-1;;+2/p-1. The summed E-state index contributed by atoms with van der Waals surface area (Å²) in [5.41, 5.74) is 0. The van der Waals surface area contributed by atoms with E-state index in [2.05, 4.69) is 38.0 Å². The van der Waals surface area contributed by atoms with Gasteiger partial charge < -0.3 is 12.3 Å². The first-order valence-electron chi connectivity index (χ1n) is 2.95. The van der Waals surface area contributed by atoms with Crippen molar-refractivity contribution >= 4 is 10.1 Å². The van der Waals surface area contributed by atoms with Crippen LogP contribution in [0.25, 0.3) is 0 Å². The second-order valence-corrected chi connectivity index (χ2v) is 1.63. The zero-order valence-electron chi connectivity index (χ0n) is 5.58. The van der Waals surface area contributed by atoms with Gasteiger partial charge in [0.1, 0.15) is 0 Å². The molecule has 0 heterocycles. The predicted octanol–water partition coefficient (Wildman–Crippen LogP) is 2.84. The van der Waals surface area contributed by atoms with E-state index < -0.39 is 0 Å². The number of rotatable bonds is 3. The molecule has 0 atom stereocenters. The average Bonchev–Trinajstić information content (AvgIpc) is 1.94. The van der Waals surface area contributed by atoms with Crippen LogP contribution in [0, 0.1) is 12.3 Å². The van der Waals surface area contributed by atoms with Crippen molar-refractivity contribution in [3.8, 4) is 5.92 Å². The second-order valence-electron chi connectivity index (χ2n) is 1.63. The molecule has 0 saturated carbocycles. The van der Waals surface area contributed by atoms with Crippen LogP contribution in [0.15, 0.2) is 0 Å². The third kappa shape index (κ3) is 17.8. The topological polar surface area (TPSA) is 0 Å². The number of hydrogen-bond acceptors (Lipinski definition) is 0. The number of halogens is 1. The van der Waals surface area contributed by atoms with Crippen LogP contribution in [0.4, 0.5) is 0 Å². The van der Waals surface area contributed by atoms with E-state index >= 15 is 0 Å². The van der Waals surface area contributed by atoms with Crippen LogP contribution in [0.3, 0.4) is 0 Å². The van der Waals surface area contributed by atoms with Gasteiger partial charge in [0.15, 0.2) is 0 Å². The molecule has 9 heavy (non-hydrogen) atoms. The molecule has 0 aromatic rings. The van der Waals surface area contributed by atoms with Gasteiger partial charge in [0.05, 0.1) is 0 Å². The predicted molar refractivity (Wildman–Crippen MR) is 37.1 cm³/mol. The van der Waals surface area contributed by atoms with Gasteiger partial charge >= 0.3 is 25.2 Å². The van der Waals surface area contributed by atoms with Gasteiger partial charge in [-0.1, -0.05) is 19.8 Å². The van der Waals surface area contributed by atoms with Crippen LogP contribution >= 0.6 is 10.1 Å². The Balaban J connectivity index is 0. The molecule has 2 heteroatoms. The molecule has 0 aromatic heterocycles. The molecule has 0 N–H and O–H groups in total. The Labute approximate surface area is 70.4 Å². The molecule has 0 rings (SSSR count). The maximum atomic E-state index is 6.53. The molecule has 0 unspecified atom stereocenters. The van der Waals surface area contributed by atoms with Gasteiger partial charge in [0, 0.05) is 0 Å². The third-order valence-corrected chi connectivity index (χ3v) is 0.905. The van der Waals surface area contributed by atoms with E-state index in [1.54, 1.807) is 0 Å². The Morgan fingerprint density at radius 2 is 2.00 bits per heavy atom. The van der Waals surface area contributed by atoms with E-state index in [9.17, 15) is 0 Å². The maximum absolute atomic E-state index is 6.53. The van der Waals surface area contributed by atoms with Crippen molar-refractivity contribution in [2.24, 2.45) is 0 Å². The van der Waals surface area contributed by atoms with E-state index in [4.69, 9.17) is 6.42 Å². The van der Waals surface area contributed by atoms with Crippen molar-refractivity contribution in [2.75, 3.05) is 0 Å². The minimum atomic E-state index is 0.841. The molecule has 0 aliphatic heterocycles. The summed E-state index contributed by atoms with van der Waals surface area (Å²) in [7, 11) is 4.45. The van der Waals surface area contributed by atoms with Crippen molar-refractivity contribution in [1.82, 2.24) is 0 Å². The molecule has 0 bridgehead atoms. The SMILES string of the molecule is [C-]#CCCCCC.[Cl][Mn+]. The van der Waals surface area contributed by atoms with E-state index in [0.717, 1.165) is 12.8 Å². The number of unbranched alkanes of at least 4 members (excludes halogenated alkanes) is 3. The fraction of sp³-hybridized carbons (Fsp3) is 0.714. The van der Waals surface area contributed by atoms with Gasteiger partial charge in [0.25, 0.3) is 0 Å². The average molecular weight is 186 g/mol. The first kappa shape index (κ1) is 12.1. The van der Waals surface area contributed by atoms with Crippen molar-refractivity contribution in [2.45, 2.75) is 32.6 Å². The molecular weight excluding hydrogens is 174 g/mol. The van der Waals surface area contributed by atoms with Crippen LogP contribution < -0.4 is 0 Å². The molecule has 53 valence electrons. The molecule has 0 aromatic carbocycles. The Hall–Kier alpha value is 0.369.